The molecule has 7 heteroatoms. The fourth-order valence-corrected chi connectivity index (χ4v) is 3.98. The summed E-state index contributed by atoms with van der Waals surface area (Å²) in [4.78, 5) is 16.1. The molecular formula is C20H19FN4OS. The standard InChI is InChI=1S/C20H19FN4OS/c1-11-4-3-5-12(2)19(11)23-20-25-24-17(10-27-20)14-8-13-6-7-18(26)22-16(13)9-15(14)21/h3-5,8-9H,6-7,10H2,1-2H3,(H,22,26)(H,23,25). The maximum atomic E-state index is 14.5. The van der Waals surface area contributed by atoms with Crippen molar-refractivity contribution in [3.63, 3.8) is 0 Å². The molecule has 4 rings (SSSR count). The average Bonchev–Trinajstić information content (AvgIpc) is 2.65. The Morgan fingerprint density at radius 1 is 1.19 bits per heavy atom. The van der Waals surface area contributed by atoms with Gasteiger partial charge in [-0.05, 0) is 49.1 Å². The lowest BCUT2D eigenvalue weighted by Gasteiger charge is -2.20. The molecule has 2 aromatic rings. The Morgan fingerprint density at radius 3 is 2.67 bits per heavy atom. The van der Waals surface area contributed by atoms with Crippen LogP contribution in [0.1, 0.15) is 28.7 Å². The first-order valence-electron chi connectivity index (χ1n) is 8.74. The summed E-state index contributed by atoms with van der Waals surface area (Å²) in [6, 6.07) is 9.23. The SMILES string of the molecule is Cc1cccc(C)c1N=C1NN=C(c2cc3c(cc2F)NC(=O)CC3)CS1. The van der Waals surface area contributed by atoms with Crippen LogP contribution in [0.2, 0.25) is 0 Å². The highest BCUT2D eigenvalue weighted by Crippen LogP contribution is 2.29. The molecule has 0 aliphatic carbocycles. The number of rotatable bonds is 2. The van der Waals surface area contributed by atoms with Crippen LogP contribution in [0.3, 0.4) is 0 Å². The van der Waals surface area contributed by atoms with Gasteiger partial charge in [0.1, 0.15) is 5.82 Å². The number of anilines is 1. The van der Waals surface area contributed by atoms with Crippen LogP contribution in [0.15, 0.2) is 40.4 Å². The number of hydrazone groups is 1. The van der Waals surface area contributed by atoms with E-state index in [0.717, 1.165) is 22.4 Å². The molecule has 27 heavy (non-hydrogen) atoms. The Balaban J connectivity index is 1.59. The third-order valence-corrected chi connectivity index (χ3v) is 5.56. The van der Waals surface area contributed by atoms with Crippen LogP contribution in [0.25, 0.3) is 0 Å². The van der Waals surface area contributed by atoms with Crippen LogP contribution in [0.5, 0.6) is 0 Å². The second-order valence-electron chi connectivity index (χ2n) is 6.65. The molecule has 2 aromatic carbocycles. The van der Waals surface area contributed by atoms with Crippen molar-refractivity contribution in [3.8, 4) is 0 Å². The predicted molar refractivity (Wildman–Crippen MR) is 108 cm³/mol. The molecule has 0 aromatic heterocycles. The molecule has 2 aliphatic heterocycles. The number of benzene rings is 2. The number of nitrogens with one attached hydrogen (secondary N) is 2. The van der Waals surface area contributed by atoms with E-state index in [9.17, 15) is 9.18 Å². The Labute approximate surface area is 161 Å². The number of para-hydroxylation sites is 1. The molecule has 0 unspecified atom stereocenters. The molecule has 2 N–H and O–H groups in total. The number of thioether (sulfide) groups is 1. The van der Waals surface area contributed by atoms with Crippen LogP contribution in [0.4, 0.5) is 15.8 Å². The molecule has 0 saturated carbocycles. The summed E-state index contributed by atoms with van der Waals surface area (Å²) >= 11 is 1.50. The monoisotopic (exact) mass is 382 g/mol. The van der Waals surface area contributed by atoms with Crippen molar-refractivity contribution in [2.45, 2.75) is 26.7 Å². The zero-order valence-electron chi connectivity index (χ0n) is 15.1. The summed E-state index contributed by atoms with van der Waals surface area (Å²) in [6.07, 6.45) is 1.03. The number of aliphatic imine (C=N–C) groups is 1. The second kappa shape index (κ2) is 7.15. The lowest BCUT2D eigenvalue weighted by Crippen LogP contribution is -2.26. The van der Waals surface area contributed by atoms with E-state index in [1.165, 1.54) is 17.8 Å². The Kier molecular flexibility index (Phi) is 4.70. The first-order chi connectivity index (χ1) is 13.0. The van der Waals surface area contributed by atoms with Gasteiger partial charge in [0.25, 0.3) is 0 Å². The van der Waals surface area contributed by atoms with Gasteiger partial charge in [-0.15, -0.1) is 0 Å². The highest BCUT2D eigenvalue weighted by molar-refractivity contribution is 8.14. The first-order valence-corrected chi connectivity index (χ1v) is 9.73. The van der Waals surface area contributed by atoms with Crippen molar-refractivity contribution >= 4 is 39.9 Å². The molecular weight excluding hydrogens is 363 g/mol. The van der Waals surface area contributed by atoms with Crippen molar-refractivity contribution in [2.24, 2.45) is 10.1 Å². The summed E-state index contributed by atoms with van der Waals surface area (Å²) < 4.78 is 14.5. The van der Waals surface area contributed by atoms with E-state index in [1.807, 2.05) is 32.0 Å². The lowest BCUT2D eigenvalue weighted by molar-refractivity contribution is -0.116. The van der Waals surface area contributed by atoms with E-state index in [0.29, 0.717) is 40.7 Å². The molecule has 138 valence electrons. The number of amides is 1. The van der Waals surface area contributed by atoms with Crippen molar-refractivity contribution in [1.82, 2.24) is 5.43 Å². The summed E-state index contributed by atoms with van der Waals surface area (Å²) in [5.74, 6) is 0.0696. The van der Waals surface area contributed by atoms with E-state index < -0.39 is 0 Å². The number of fused-ring (bicyclic) bond motifs is 1. The normalized spacial score (nSPS) is 17.8. The quantitative estimate of drug-likeness (QED) is 0.823. The molecule has 0 spiro atoms. The first kappa shape index (κ1) is 17.7. The molecule has 0 radical (unpaired) electrons. The number of hydrogen-bond donors (Lipinski definition) is 2. The maximum Gasteiger partial charge on any atom is 0.224 e. The number of carbonyl (C=O) groups is 1. The Hall–Kier alpha value is -2.67. The topological polar surface area (TPSA) is 65.8 Å². The zero-order valence-corrected chi connectivity index (χ0v) is 15.9. The molecule has 0 bridgehead atoms. The Morgan fingerprint density at radius 2 is 1.96 bits per heavy atom. The van der Waals surface area contributed by atoms with Gasteiger partial charge >= 0.3 is 0 Å². The summed E-state index contributed by atoms with van der Waals surface area (Å²) in [5.41, 5.74) is 8.68. The Bertz CT molecular complexity index is 979. The van der Waals surface area contributed by atoms with Gasteiger partial charge < -0.3 is 5.32 Å². The summed E-state index contributed by atoms with van der Waals surface area (Å²) in [5, 5.41) is 7.76. The van der Waals surface area contributed by atoms with Crippen molar-refractivity contribution in [2.75, 3.05) is 11.1 Å². The number of amidine groups is 1. The van der Waals surface area contributed by atoms with Gasteiger partial charge in [0.15, 0.2) is 5.17 Å². The zero-order chi connectivity index (χ0) is 19.0. The molecule has 0 saturated heterocycles. The number of nitrogens with zero attached hydrogens (tertiary/aromatic N) is 2. The van der Waals surface area contributed by atoms with Gasteiger partial charge in [-0.3, -0.25) is 10.2 Å². The van der Waals surface area contributed by atoms with Crippen LogP contribution in [-0.4, -0.2) is 22.5 Å². The maximum absolute atomic E-state index is 14.5. The van der Waals surface area contributed by atoms with E-state index in [-0.39, 0.29) is 11.7 Å². The van der Waals surface area contributed by atoms with Crippen LogP contribution < -0.4 is 10.7 Å². The van der Waals surface area contributed by atoms with Gasteiger partial charge in [-0.25, -0.2) is 9.38 Å². The molecule has 2 aliphatic rings. The molecule has 1 amide bonds. The molecule has 5 nitrogen and oxygen atoms in total. The van der Waals surface area contributed by atoms with E-state index >= 15 is 0 Å². The van der Waals surface area contributed by atoms with E-state index in [4.69, 9.17) is 0 Å². The smallest absolute Gasteiger partial charge is 0.224 e. The fraction of sp³-hybridized carbons (Fsp3) is 0.250. The molecule has 0 fully saturated rings. The van der Waals surface area contributed by atoms with E-state index in [1.54, 1.807) is 6.07 Å². The largest absolute Gasteiger partial charge is 0.326 e. The summed E-state index contributed by atoms with van der Waals surface area (Å²) in [6.45, 7) is 4.05. The van der Waals surface area contributed by atoms with Gasteiger partial charge in [0.05, 0.1) is 11.4 Å². The van der Waals surface area contributed by atoms with Crippen LogP contribution >= 0.6 is 11.8 Å². The second-order valence-corrected chi connectivity index (χ2v) is 7.62. The van der Waals surface area contributed by atoms with Gasteiger partial charge in [0.2, 0.25) is 5.91 Å². The van der Waals surface area contributed by atoms with Crippen LogP contribution in [0, 0.1) is 19.7 Å². The third kappa shape index (κ3) is 3.60. The highest BCUT2D eigenvalue weighted by atomic mass is 32.2. The minimum atomic E-state index is -0.382. The molecule has 0 atom stereocenters. The van der Waals surface area contributed by atoms with Crippen LogP contribution in [-0.2, 0) is 11.2 Å². The van der Waals surface area contributed by atoms with Crippen molar-refractivity contribution in [1.29, 1.82) is 0 Å². The third-order valence-electron chi connectivity index (χ3n) is 4.68. The average molecular weight is 382 g/mol. The van der Waals surface area contributed by atoms with Gasteiger partial charge in [-0.2, -0.15) is 5.10 Å². The minimum absolute atomic E-state index is 0.0748. The van der Waals surface area contributed by atoms with Gasteiger partial charge in [-0.1, -0.05) is 30.0 Å². The number of halogens is 1. The highest BCUT2D eigenvalue weighted by Gasteiger charge is 2.22. The predicted octanol–water partition coefficient (Wildman–Crippen LogP) is 4.06. The number of hydrogen-bond acceptors (Lipinski definition) is 4. The summed E-state index contributed by atoms with van der Waals surface area (Å²) in [7, 11) is 0. The van der Waals surface area contributed by atoms with Crippen molar-refractivity contribution in [3.05, 3.63) is 58.4 Å². The number of aryl methyl sites for hydroxylation is 3. The van der Waals surface area contributed by atoms with Crippen molar-refractivity contribution < 1.29 is 9.18 Å². The lowest BCUT2D eigenvalue weighted by atomic mass is 9.98. The van der Waals surface area contributed by atoms with Gasteiger partial charge in [0, 0.05) is 23.4 Å². The molecule has 2 heterocycles. The minimum Gasteiger partial charge on any atom is -0.326 e. The van der Waals surface area contributed by atoms with E-state index in [2.05, 4.69) is 20.8 Å². The number of carbonyl (C=O) groups excluding carboxylic acids is 1. The fourth-order valence-electron chi connectivity index (χ4n) is 3.22.